The van der Waals surface area contributed by atoms with Crippen LogP contribution < -0.4 is 10.6 Å². The Labute approximate surface area is 212 Å². The van der Waals surface area contributed by atoms with Gasteiger partial charge in [-0.15, -0.1) is 0 Å². The second-order valence-electron chi connectivity index (χ2n) is 10.2. The van der Waals surface area contributed by atoms with E-state index in [1.54, 1.807) is 13.4 Å². The molecular weight excluding hydrogens is 452 g/mol. The molecule has 0 bridgehead atoms. The minimum Gasteiger partial charge on any atom is -0.360 e. The molecule has 2 aliphatic rings. The molecule has 3 N–H and O–H groups in total. The first-order valence-corrected chi connectivity index (χ1v) is 13.2. The highest BCUT2D eigenvalue weighted by Gasteiger charge is 2.39. The molecule has 0 spiro atoms. The van der Waals surface area contributed by atoms with Crippen molar-refractivity contribution in [2.24, 2.45) is 5.92 Å². The molecular formula is C28H36N6O2. The monoisotopic (exact) mass is 488 g/mol. The highest BCUT2D eigenvalue weighted by atomic mass is 16.2. The Bertz CT molecular complexity index is 1220. The summed E-state index contributed by atoms with van der Waals surface area (Å²) in [6.07, 6.45) is 10.7. The number of likely N-dealkylation sites (tertiary alicyclic amines) is 1. The molecule has 0 radical (unpaired) electrons. The molecule has 36 heavy (non-hydrogen) atoms. The molecule has 8 heteroatoms. The highest BCUT2D eigenvalue weighted by molar-refractivity contribution is 5.94. The normalized spacial score (nSPS) is 20.4. The van der Waals surface area contributed by atoms with Crippen LogP contribution in [0.2, 0.25) is 0 Å². The molecule has 3 atom stereocenters. The lowest BCUT2D eigenvalue weighted by molar-refractivity contribution is -0.139. The summed E-state index contributed by atoms with van der Waals surface area (Å²) in [5.41, 5.74) is 3.79. The van der Waals surface area contributed by atoms with Gasteiger partial charge in [0.1, 0.15) is 12.4 Å². The minimum atomic E-state index is -0.496. The standard InChI is InChI=1S/C28H36N6O2/c1-18(29-2)27(35)33-26(19-9-4-3-5-10-19)28(36)34-14-8-13-25(34)24-15-23(31-17-32-24)21-16-30-22-12-7-6-11-20(21)22/h6-7,11-12,15-19,25-26,29-30H,3-5,8-10,13-14H2,1-2H3,(H,33,35)/t18?,25?,26-/m0/s1. The van der Waals surface area contributed by atoms with Crippen molar-refractivity contribution in [2.45, 2.75) is 70.0 Å². The molecule has 8 nitrogen and oxygen atoms in total. The van der Waals surface area contributed by atoms with Gasteiger partial charge in [0.2, 0.25) is 11.8 Å². The maximum Gasteiger partial charge on any atom is 0.246 e. The van der Waals surface area contributed by atoms with Gasteiger partial charge in [0.25, 0.3) is 0 Å². The van der Waals surface area contributed by atoms with Crippen molar-refractivity contribution in [1.29, 1.82) is 0 Å². The van der Waals surface area contributed by atoms with Crippen LogP contribution in [0.3, 0.4) is 0 Å². The van der Waals surface area contributed by atoms with E-state index < -0.39 is 6.04 Å². The number of carbonyl (C=O) groups is 2. The lowest BCUT2D eigenvalue weighted by atomic mass is 9.83. The summed E-state index contributed by atoms with van der Waals surface area (Å²) in [6.45, 7) is 2.50. The van der Waals surface area contributed by atoms with E-state index in [1.165, 1.54) is 6.42 Å². The zero-order valence-electron chi connectivity index (χ0n) is 21.2. The molecule has 2 fully saturated rings. The van der Waals surface area contributed by atoms with Crippen LogP contribution in [0.5, 0.6) is 0 Å². The van der Waals surface area contributed by atoms with Crippen LogP contribution in [-0.4, -0.2) is 57.3 Å². The predicted molar refractivity (Wildman–Crippen MR) is 140 cm³/mol. The minimum absolute atomic E-state index is 0.0216. The zero-order chi connectivity index (χ0) is 25.1. The zero-order valence-corrected chi connectivity index (χ0v) is 21.2. The van der Waals surface area contributed by atoms with Gasteiger partial charge in [-0.1, -0.05) is 37.5 Å². The number of nitrogens with one attached hydrogen (secondary N) is 3. The molecule has 5 rings (SSSR count). The summed E-state index contributed by atoms with van der Waals surface area (Å²) in [4.78, 5) is 41.2. The van der Waals surface area contributed by atoms with Gasteiger partial charge in [-0.3, -0.25) is 9.59 Å². The van der Waals surface area contributed by atoms with Gasteiger partial charge in [0, 0.05) is 29.2 Å². The molecule has 1 saturated carbocycles. The largest absolute Gasteiger partial charge is 0.360 e. The number of fused-ring (bicyclic) bond motifs is 1. The topological polar surface area (TPSA) is 103 Å². The predicted octanol–water partition coefficient (Wildman–Crippen LogP) is 3.96. The van der Waals surface area contributed by atoms with Crippen LogP contribution in [0.1, 0.15) is 63.6 Å². The van der Waals surface area contributed by atoms with Crippen LogP contribution in [0.4, 0.5) is 0 Å². The summed E-state index contributed by atoms with van der Waals surface area (Å²) < 4.78 is 0. The summed E-state index contributed by atoms with van der Waals surface area (Å²) in [5.74, 6) is 0.0711. The first-order chi connectivity index (χ1) is 17.6. The molecule has 2 unspecified atom stereocenters. The Morgan fingerprint density at radius 1 is 1.08 bits per heavy atom. The number of amides is 2. The number of nitrogens with zero attached hydrogens (tertiary/aromatic N) is 3. The second kappa shape index (κ2) is 10.8. The molecule has 3 heterocycles. The number of H-pyrrole nitrogens is 1. The Morgan fingerprint density at radius 2 is 1.89 bits per heavy atom. The van der Waals surface area contributed by atoms with Gasteiger partial charge in [-0.25, -0.2) is 9.97 Å². The average molecular weight is 489 g/mol. The molecule has 2 amide bonds. The number of hydrogen-bond donors (Lipinski definition) is 3. The molecule has 2 aromatic heterocycles. The van der Waals surface area contributed by atoms with Gasteiger partial charge in [-0.2, -0.15) is 0 Å². The summed E-state index contributed by atoms with van der Waals surface area (Å²) in [5, 5.41) is 7.21. The van der Waals surface area contributed by atoms with Crippen LogP contribution >= 0.6 is 0 Å². The number of aromatic nitrogens is 3. The third-order valence-corrected chi connectivity index (χ3v) is 7.94. The van der Waals surface area contributed by atoms with Crippen molar-refractivity contribution in [1.82, 2.24) is 30.5 Å². The maximum absolute atomic E-state index is 14.0. The summed E-state index contributed by atoms with van der Waals surface area (Å²) in [6, 6.07) is 9.22. The second-order valence-corrected chi connectivity index (χ2v) is 10.2. The lowest BCUT2D eigenvalue weighted by Gasteiger charge is -2.35. The first-order valence-electron chi connectivity index (χ1n) is 13.2. The number of carbonyl (C=O) groups excluding carboxylic acids is 2. The number of likely N-dealkylation sites (N-methyl/N-ethyl adjacent to an activating group) is 1. The van der Waals surface area contributed by atoms with Crippen LogP contribution in [-0.2, 0) is 9.59 Å². The number of aromatic amines is 1. The number of benzene rings is 1. The van der Waals surface area contributed by atoms with Crippen molar-refractivity contribution >= 4 is 22.7 Å². The SMILES string of the molecule is CNC(C)C(=O)N[C@H](C(=O)N1CCCC1c1cc(-c2c[nH]c3ccccc23)ncn1)C1CCCCC1. The smallest absolute Gasteiger partial charge is 0.246 e. The van der Waals surface area contributed by atoms with E-state index in [2.05, 4.69) is 31.7 Å². The summed E-state index contributed by atoms with van der Waals surface area (Å²) >= 11 is 0. The molecule has 1 aliphatic heterocycles. The van der Waals surface area contributed by atoms with Crippen LogP contribution in [0, 0.1) is 5.92 Å². The Kier molecular flexibility index (Phi) is 7.32. The van der Waals surface area contributed by atoms with Crippen molar-refractivity contribution in [3.63, 3.8) is 0 Å². The van der Waals surface area contributed by atoms with Crippen molar-refractivity contribution in [3.05, 3.63) is 48.5 Å². The Balaban J connectivity index is 1.41. The summed E-state index contributed by atoms with van der Waals surface area (Å²) in [7, 11) is 1.76. The lowest BCUT2D eigenvalue weighted by Crippen LogP contribution is -2.55. The van der Waals surface area contributed by atoms with Crippen LogP contribution in [0.25, 0.3) is 22.2 Å². The highest BCUT2D eigenvalue weighted by Crippen LogP contribution is 2.36. The van der Waals surface area contributed by atoms with E-state index in [0.29, 0.717) is 6.54 Å². The maximum atomic E-state index is 14.0. The van der Waals surface area contributed by atoms with Gasteiger partial charge in [0.15, 0.2) is 0 Å². The Morgan fingerprint density at radius 3 is 2.69 bits per heavy atom. The third kappa shape index (κ3) is 4.87. The third-order valence-electron chi connectivity index (χ3n) is 7.94. The van der Waals surface area contributed by atoms with E-state index in [4.69, 9.17) is 0 Å². The molecule has 1 aromatic carbocycles. The van der Waals surface area contributed by atoms with E-state index >= 15 is 0 Å². The molecule has 1 aliphatic carbocycles. The quantitative estimate of drug-likeness (QED) is 0.467. The van der Waals surface area contributed by atoms with Gasteiger partial charge in [0.05, 0.1) is 23.5 Å². The van der Waals surface area contributed by atoms with Gasteiger partial charge >= 0.3 is 0 Å². The van der Waals surface area contributed by atoms with E-state index in [1.807, 2.05) is 42.3 Å². The Hall–Kier alpha value is -3.26. The van der Waals surface area contributed by atoms with E-state index in [-0.39, 0.29) is 29.8 Å². The van der Waals surface area contributed by atoms with Crippen LogP contribution in [0.15, 0.2) is 42.9 Å². The molecule has 190 valence electrons. The van der Waals surface area contributed by atoms with Crippen molar-refractivity contribution in [3.8, 4) is 11.3 Å². The van der Waals surface area contributed by atoms with Gasteiger partial charge < -0.3 is 20.5 Å². The van der Waals surface area contributed by atoms with Crippen molar-refractivity contribution in [2.75, 3.05) is 13.6 Å². The van der Waals surface area contributed by atoms with E-state index in [9.17, 15) is 9.59 Å². The number of para-hydroxylation sites is 1. The average Bonchev–Trinajstić information content (AvgIpc) is 3.59. The fraction of sp³-hybridized carbons (Fsp3) is 0.500. The number of hydrogen-bond acceptors (Lipinski definition) is 5. The van der Waals surface area contributed by atoms with Gasteiger partial charge in [-0.05, 0) is 57.7 Å². The molecule has 3 aromatic rings. The van der Waals surface area contributed by atoms with E-state index in [0.717, 1.165) is 66.4 Å². The first kappa shape index (κ1) is 24.4. The molecule has 1 saturated heterocycles. The fourth-order valence-corrected chi connectivity index (χ4v) is 5.76. The number of rotatable bonds is 7. The fourth-order valence-electron chi connectivity index (χ4n) is 5.76. The van der Waals surface area contributed by atoms with Crippen molar-refractivity contribution < 1.29 is 9.59 Å².